The number of nitrogens with zero attached hydrogens (tertiary/aromatic N) is 2. The molecule has 0 atom stereocenters. The molecule has 1 heterocycles. The summed E-state index contributed by atoms with van der Waals surface area (Å²) in [7, 11) is -3.30. The van der Waals surface area contributed by atoms with Crippen LogP contribution in [0.2, 0.25) is 5.02 Å². The van der Waals surface area contributed by atoms with E-state index in [1.165, 1.54) is 17.7 Å². The van der Waals surface area contributed by atoms with E-state index >= 15 is 0 Å². The van der Waals surface area contributed by atoms with Gasteiger partial charge in [0.2, 0.25) is 5.91 Å². The molecule has 0 unspecified atom stereocenters. The lowest BCUT2D eigenvalue weighted by Crippen LogP contribution is -2.48. The fourth-order valence-electron chi connectivity index (χ4n) is 3.16. The maximum absolute atomic E-state index is 12.3. The molecule has 6 nitrogen and oxygen atoms in total. The van der Waals surface area contributed by atoms with Crippen LogP contribution in [0.25, 0.3) is 0 Å². The minimum Gasteiger partial charge on any atom is -0.325 e. The summed E-state index contributed by atoms with van der Waals surface area (Å²) in [5, 5.41) is 3.52. The van der Waals surface area contributed by atoms with Crippen molar-refractivity contribution >= 4 is 33.0 Å². The summed E-state index contributed by atoms with van der Waals surface area (Å²) in [6.45, 7) is 4.56. The number of carbonyl (C=O) groups is 1. The molecule has 0 saturated carbocycles. The van der Waals surface area contributed by atoms with Gasteiger partial charge < -0.3 is 5.32 Å². The molecule has 0 aromatic heterocycles. The SMILES string of the molecule is CS(=O)(=O)c1cccc(NC(=O)CN2CCN(Cc3ccc(Cl)cc3)CC2)c1. The molecule has 1 N–H and O–H groups in total. The normalized spacial score (nSPS) is 16.1. The van der Waals surface area contributed by atoms with Gasteiger partial charge >= 0.3 is 0 Å². The van der Waals surface area contributed by atoms with E-state index in [0.717, 1.165) is 44.0 Å². The molecule has 2 aromatic rings. The van der Waals surface area contributed by atoms with Gasteiger partial charge in [0, 0.05) is 49.7 Å². The van der Waals surface area contributed by atoms with Gasteiger partial charge in [0.15, 0.2) is 9.84 Å². The zero-order chi connectivity index (χ0) is 20.1. The van der Waals surface area contributed by atoms with Gasteiger partial charge in [0.05, 0.1) is 11.4 Å². The summed E-state index contributed by atoms with van der Waals surface area (Å²) in [5.74, 6) is -0.142. The number of hydrogen-bond donors (Lipinski definition) is 1. The van der Waals surface area contributed by atoms with E-state index in [9.17, 15) is 13.2 Å². The van der Waals surface area contributed by atoms with Crippen LogP contribution in [0.15, 0.2) is 53.4 Å². The van der Waals surface area contributed by atoms with Crippen LogP contribution in [0.1, 0.15) is 5.56 Å². The summed E-state index contributed by atoms with van der Waals surface area (Å²) in [6, 6.07) is 14.2. The van der Waals surface area contributed by atoms with Gasteiger partial charge in [-0.25, -0.2) is 8.42 Å². The Morgan fingerprint density at radius 3 is 2.32 bits per heavy atom. The van der Waals surface area contributed by atoms with Crippen molar-refractivity contribution in [1.29, 1.82) is 0 Å². The van der Waals surface area contributed by atoms with Gasteiger partial charge in [0.25, 0.3) is 0 Å². The van der Waals surface area contributed by atoms with E-state index in [2.05, 4.69) is 15.1 Å². The van der Waals surface area contributed by atoms with Crippen molar-refractivity contribution in [3.63, 3.8) is 0 Å². The Hall–Kier alpha value is -1.93. The van der Waals surface area contributed by atoms with Gasteiger partial charge in [-0.2, -0.15) is 0 Å². The average molecular weight is 422 g/mol. The molecular weight excluding hydrogens is 398 g/mol. The lowest BCUT2D eigenvalue weighted by Gasteiger charge is -2.34. The third-order valence-electron chi connectivity index (χ3n) is 4.70. The molecule has 1 aliphatic heterocycles. The summed E-state index contributed by atoms with van der Waals surface area (Å²) < 4.78 is 23.3. The molecular formula is C20H24ClN3O3S. The molecule has 1 aliphatic rings. The van der Waals surface area contributed by atoms with E-state index in [4.69, 9.17) is 11.6 Å². The maximum Gasteiger partial charge on any atom is 0.238 e. The molecule has 3 rings (SSSR count). The van der Waals surface area contributed by atoms with E-state index in [-0.39, 0.29) is 17.3 Å². The van der Waals surface area contributed by atoms with Crippen molar-refractivity contribution < 1.29 is 13.2 Å². The quantitative estimate of drug-likeness (QED) is 0.776. The number of carbonyl (C=O) groups excluding carboxylic acids is 1. The lowest BCUT2D eigenvalue weighted by atomic mass is 10.2. The predicted octanol–water partition coefficient (Wildman–Crippen LogP) is 2.50. The number of sulfone groups is 1. The first-order valence-corrected chi connectivity index (χ1v) is 11.4. The topological polar surface area (TPSA) is 69.7 Å². The standard InChI is InChI=1S/C20H24ClN3O3S/c1-28(26,27)19-4-2-3-18(13-19)22-20(25)15-24-11-9-23(10-12-24)14-16-5-7-17(21)8-6-16/h2-8,13H,9-12,14-15H2,1H3,(H,22,25). The highest BCUT2D eigenvalue weighted by atomic mass is 35.5. The smallest absolute Gasteiger partial charge is 0.238 e. The molecule has 28 heavy (non-hydrogen) atoms. The van der Waals surface area contributed by atoms with Crippen molar-refractivity contribution in [1.82, 2.24) is 9.80 Å². The van der Waals surface area contributed by atoms with Crippen LogP contribution in [-0.4, -0.2) is 63.1 Å². The number of rotatable bonds is 6. The number of benzene rings is 2. The summed E-state index contributed by atoms with van der Waals surface area (Å²) in [6.07, 6.45) is 1.15. The van der Waals surface area contributed by atoms with Crippen molar-refractivity contribution in [3.05, 3.63) is 59.1 Å². The third-order valence-corrected chi connectivity index (χ3v) is 6.06. The van der Waals surface area contributed by atoms with Crippen molar-refractivity contribution in [2.45, 2.75) is 11.4 Å². The molecule has 0 aliphatic carbocycles. The van der Waals surface area contributed by atoms with Crippen LogP contribution in [0, 0.1) is 0 Å². The van der Waals surface area contributed by atoms with Crippen LogP contribution in [0.3, 0.4) is 0 Å². The van der Waals surface area contributed by atoms with Gasteiger partial charge in [-0.05, 0) is 35.9 Å². The number of amides is 1. The number of halogens is 1. The molecule has 1 fully saturated rings. The highest BCUT2D eigenvalue weighted by molar-refractivity contribution is 7.90. The number of nitrogens with one attached hydrogen (secondary N) is 1. The molecule has 1 amide bonds. The second-order valence-corrected chi connectivity index (χ2v) is 9.48. The fourth-order valence-corrected chi connectivity index (χ4v) is 3.95. The van der Waals surface area contributed by atoms with Gasteiger partial charge in [0.1, 0.15) is 0 Å². The zero-order valence-corrected chi connectivity index (χ0v) is 17.3. The molecule has 2 aromatic carbocycles. The first-order chi connectivity index (χ1) is 13.3. The first kappa shape index (κ1) is 20.8. The van der Waals surface area contributed by atoms with Crippen LogP contribution in [-0.2, 0) is 21.2 Å². The Balaban J connectivity index is 1.47. The highest BCUT2D eigenvalue weighted by Crippen LogP contribution is 2.16. The fraction of sp³-hybridized carbons (Fsp3) is 0.350. The minimum atomic E-state index is -3.30. The summed E-state index contributed by atoms with van der Waals surface area (Å²) >= 11 is 5.92. The highest BCUT2D eigenvalue weighted by Gasteiger charge is 2.19. The van der Waals surface area contributed by atoms with E-state index in [1.54, 1.807) is 12.1 Å². The molecule has 150 valence electrons. The second kappa shape index (κ2) is 9.05. The maximum atomic E-state index is 12.3. The molecule has 1 saturated heterocycles. The summed E-state index contributed by atoms with van der Waals surface area (Å²) in [5.41, 5.74) is 1.72. The van der Waals surface area contributed by atoms with Gasteiger partial charge in [-0.3, -0.25) is 14.6 Å². The number of piperazine rings is 1. The van der Waals surface area contributed by atoms with E-state index in [1.807, 2.05) is 24.3 Å². The number of anilines is 1. The van der Waals surface area contributed by atoms with Crippen LogP contribution in [0.4, 0.5) is 5.69 Å². The Morgan fingerprint density at radius 2 is 1.68 bits per heavy atom. The van der Waals surface area contributed by atoms with Crippen LogP contribution < -0.4 is 5.32 Å². The Bertz CT molecular complexity index is 924. The van der Waals surface area contributed by atoms with Crippen molar-refractivity contribution in [2.24, 2.45) is 0 Å². The largest absolute Gasteiger partial charge is 0.325 e. The first-order valence-electron chi connectivity index (χ1n) is 9.09. The minimum absolute atomic E-state index is 0.142. The summed E-state index contributed by atoms with van der Waals surface area (Å²) in [4.78, 5) is 17.0. The lowest BCUT2D eigenvalue weighted by molar-refractivity contribution is -0.117. The Labute approximate surface area is 171 Å². The van der Waals surface area contributed by atoms with Crippen LogP contribution in [0.5, 0.6) is 0 Å². The van der Waals surface area contributed by atoms with Crippen molar-refractivity contribution in [2.75, 3.05) is 44.3 Å². The molecule has 0 bridgehead atoms. The Kier molecular flexibility index (Phi) is 6.72. The average Bonchev–Trinajstić information content (AvgIpc) is 2.65. The van der Waals surface area contributed by atoms with Crippen molar-refractivity contribution in [3.8, 4) is 0 Å². The Morgan fingerprint density at radius 1 is 1.04 bits per heavy atom. The second-order valence-electron chi connectivity index (χ2n) is 7.03. The molecule has 0 spiro atoms. The predicted molar refractivity (Wildman–Crippen MR) is 111 cm³/mol. The zero-order valence-electron chi connectivity index (χ0n) is 15.8. The van der Waals surface area contributed by atoms with Gasteiger partial charge in [-0.1, -0.05) is 29.8 Å². The number of hydrogen-bond acceptors (Lipinski definition) is 5. The third kappa shape index (κ3) is 6.04. The molecule has 0 radical (unpaired) electrons. The molecule has 8 heteroatoms. The van der Waals surface area contributed by atoms with E-state index < -0.39 is 9.84 Å². The van der Waals surface area contributed by atoms with Gasteiger partial charge in [-0.15, -0.1) is 0 Å². The monoisotopic (exact) mass is 421 g/mol. The van der Waals surface area contributed by atoms with Crippen LogP contribution >= 0.6 is 11.6 Å². The van der Waals surface area contributed by atoms with E-state index in [0.29, 0.717) is 5.69 Å².